The SMILES string of the molecule is C.CCC[C@H](NC(=O)OC(C)(C)C)C(=O)N(C)OC. The lowest BCUT2D eigenvalue weighted by atomic mass is 10.1. The average Bonchev–Trinajstić information content (AvgIpc) is 2.23. The molecule has 6 heteroatoms. The molecule has 19 heavy (non-hydrogen) atoms. The Balaban J connectivity index is 0. The first-order valence-corrected chi connectivity index (χ1v) is 6.02. The number of rotatable bonds is 5. The van der Waals surface area contributed by atoms with E-state index in [0.29, 0.717) is 6.42 Å². The third-order valence-electron chi connectivity index (χ3n) is 2.15. The van der Waals surface area contributed by atoms with Crippen LogP contribution in [-0.4, -0.2) is 42.9 Å². The predicted octanol–water partition coefficient (Wildman–Crippen LogP) is 2.34. The van der Waals surface area contributed by atoms with E-state index < -0.39 is 17.7 Å². The van der Waals surface area contributed by atoms with E-state index in [-0.39, 0.29) is 13.3 Å². The van der Waals surface area contributed by atoms with Gasteiger partial charge in [-0.05, 0) is 27.2 Å². The molecule has 0 aromatic carbocycles. The maximum absolute atomic E-state index is 11.9. The summed E-state index contributed by atoms with van der Waals surface area (Å²) in [4.78, 5) is 28.3. The summed E-state index contributed by atoms with van der Waals surface area (Å²) in [5.74, 6) is -0.301. The number of nitrogens with one attached hydrogen (secondary N) is 1. The molecule has 0 bridgehead atoms. The van der Waals surface area contributed by atoms with Gasteiger partial charge in [0.25, 0.3) is 5.91 Å². The van der Waals surface area contributed by atoms with E-state index in [1.54, 1.807) is 20.8 Å². The standard InChI is InChI=1S/C12H24N2O4.CH4/c1-7-8-9(10(15)14(5)17-6)13-11(16)18-12(2,3)4;/h9H,7-8H2,1-6H3,(H,13,16);1H4/t9-;/m0./s1. The minimum absolute atomic E-state index is 0. The van der Waals surface area contributed by atoms with Gasteiger partial charge in [0, 0.05) is 7.05 Å². The van der Waals surface area contributed by atoms with E-state index in [1.807, 2.05) is 6.92 Å². The zero-order valence-electron chi connectivity index (χ0n) is 12.1. The lowest BCUT2D eigenvalue weighted by molar-refractivity contribution is -0.171. The first-order valence-electron chi connectivity index (χ1n) is 6.02. The van der Waals surface area contributed by atoms with Gasteiger partial charge in [0.1, 0.15) is 11.6 Å². The van der Waals surface area contributed by atoms with Gasteiger partial charge >= 0.3 is 6.09 Å². The smallest absolute Gasteiger partial charge is 0.408 e. The highest BCUT2D eigenvalue weighted by molar-refractivity contribution is 5.84. The molecule has 0 saturated heterocycles. The fraction of sp³-hybridized carbons (Fsp3) is 0.846. The average molecular weight is 276 g/mol. The maximum atomic E-state index is 11.9. The molecule has 0 aromatic rings. The summed E-state index contributed by atoms with van der Waals surface area (Å²) in [6, 6.07) is -0.630. The van der Waals surface area contributed by atoms with Crippen LogP contribution in [0.2, 0.25) is 0 Å². The van der Waals surface area contributed by atoms with Gasteiger partial charge in [0.2, 0.25) is 0 Å². The largest absolute Gasteiger partial charge is 0.444 e. The van der Waals surface area contributed by atoms with Gasteiger partial charge in [-0.1, -0.05) is 20.8 Å². The van der Waals surface area contributed by atoms with Crippen molar-refractivity contribution < 1.29 is 19.2 Å². The molecule has 0 saturated carbocycles. The Kier molecular flexibility index (Phi) is 9.21. The Hall–Kier alpha value is -1.30. The van der Waals surface area contributed by atoms with Gasteiger partial charge in [0.05, 0.1) is 7.11 Å². The van der Waals surface area contributed by atoms with E-state index in [4.69, 9.17) is 9.57 Å². The van der Waals surface area contributed by atoms with Crippen LogP contribution < -0.4 is 5.32 Å². The highest BCUT2D eigenvalue weighted by Crippen LogP contribution is 2.08. The number of hydrogen-bond acceptors (Lipinski definition) is 4. The summed E-state index contributed by atoms with van der Waals surface area (Å²) in [6.07, 6.45) is 0.703. The molecule has 0 unspecified atom stereocenters. The van der Waals surface area contributed by atoms with Gasteiger partial charge in [-0.3, -0.25) is 9.63 Å². The topological polar surface area (TPSA) is 67.9 Å². The van der Waals surface area contributed by atoms with Crippen LogP contribution in [0.3, 0.4) is 0 Å². The Morgan fingerprint density at radius 3 is 2.21 bits per heavy atom. The third kappa shape index (κ3) is 8.42. The fourth-order valence-corrected chi connectivity index (χ4v) is 1.31. The normalized spacial score (nSPS) is 12.1. The molecule has 1 N–H and O–H groups in total. The van der Waals surface area contributed by atoms with Crippen molar-refractivity contribution in [2.45, 2.75) is 59.6 Å². The molecule has 0 aliphatic heterocycles. The lowest BCUT2D eigenvalue weighted by Crippen LogP contribution is -2.48. The Bertz CT molecular complexity index is 287. The third-order valence-corrected chi connectivity index (χ3v) is 2.15. The van der Waals surface area contributed by atoms with Crippen LogP contribution in [0.4, 0.5) is 4.79 Å². The number of carbonyl (C=O) groups is 2. The van der Waals surface area contributed by atoms with E-state index in [0.717, 1.165) is 11.5 Å². The summed E-state index contributed by atoms with van der Waals surface area (Å²) < 4.78 is 5.12. The summed E-state index contributed by atoms with van der Waals surface area (Å²) >= 11 is 0. The second kappa shape index (κ2) is 8.74. The summed E-state index contributed by atoms with van der Waals surface area (Å²) in [5.41, 5.74) is -0.586. The highest BCUT2D eigenvalue weighted by Gasteiger charge is 2.26. The first-order chi connectivity index (χ1) is 8.21. The van der Waals surface area contributed by atoms with Crippen molar-refractivity contribution in [2.24, 2.45) is 0 Å². The molecule has 0 aliphatic carbocycles. The van der Waals surface area contributed by atoms with Crippen molar-refractivity contribution in [3.63, 3.8) is 0 Å². The lowest BCUT2D eigenvalue weighted by Gasteiger charge is -2.25. The summed E-state index contributed by atoms with van der Waals surface area (Å²) in [5, 5.41) is 3.65. The summed E-state index contributed by atoms with van der Waals surface area (Å²) in [7, 11) is 2.90. The number of carbonyl (C=O) groups excluding carboxylic acids is 2. The number of amides is 2. The Morgan fingerprint density at radius 2 is 1.84 bits per heavy atom. The van der Waals surface area contributed by atoms with Gasteiger partial charge in [-0.15, -0.1) is 0 Å². The quantitative estimate of drug-likeness (QED) is 0.783. The second-order valence-electron chi connectivity index (χ2n) is 5.01. The van der Waals surface area contributed by atoms with Gasteiger partial charge in [0.15, 0.2) is 0 Å². The molecule has 2 amide bonds. The number of alkyl carbamates (subject to hydrolysis) is 1. The molecule has 0 rings (SSSR count). The monoisotopic (exact) mass is 276 g/mol. The van der Waals surface area contributed by atoms with Crippen LogP contribution in [0.25, 0.3) is 0 Å². The van der Waals surface area contributed by atoms with Crippen LogP contribution in [0.1, 0.15) is 48.0 Å². The minimum Gasteiger partial charge on any atom is -0.444 e. The zero-order valence-corrected chi connectivity index (χ0v) is 12.1. The van der Waals surface area contributed by atoms with Crippen LogP contribution in [0.15, 0.2) is 0 Å². The molecule has 0 fully saturated rings. The van der Waals surface area contributed by atoms with E-state index in [9.17, 15) is 9.59 Å². The maximum Gasteiger partial charge on any atom is 0.408 e. The fourth-order valence-electron chi connectivity index (χ4n) is 1.31. The number of likely N-dealkylation sites (N-methyl/N-ethyl adjacent to an activating group) is 1. The molecular weight excluding hydrogens is 248 g/mol. The predicted molar refractivity (Wildman–Crippen MR) is 74.6 cm³/mol. The van der Waals surface area contributed by atoms with Crippen LogP contribution >= 0.6 is 0 Å². The second-order valence-corrected chi connectivity index (χ2v) is 5.01. The Labute approximate surface area is 116 Å². The molecule has 0 heterocycles. The first kappa shape index (κ1) is 20.0. The van der Waals surface area contributed by atoms with Crippen LogP contribution in [0.5, 0.6) is 0 Å². The van der Waals surface area contributed by atoms with Gasteiger partial charge < -0.3 is 10.1 Å². The van der Waals surface area contributed by atoms with E-state index in [1.165, 1.54) is 14.2 Å². The van der Waals surface area contributed by atoms with Crippen molar-refractivity contribution >= 4 is 12.0 Å². The van der Waals surface area contributed by atoms with Crippen LogP contribution in [0, 0.1) is 0 Å². The zero-order chi connectivity index (χ0) is 14.3. The van der Waals surface area contributed by atoms with Crippen LogP contribution in [-0.2, 0) is 14.4 Å². The molecule has 0 spiro atoms. The molecule has 114 valence electrons. The number of hydrogen-bond donors (Lipinski definition) is 1. The van der Waals surface area contributed by atoms with Gasteiger partial charge in [-0.25, -0.2) is 9.86 Å². The number of nitrogens with zero attached hydrogens (tertiary/aromatic N) is 1. The number of ether oxygens (including phenoxy) is 1. The van der Waals surface area contributed by atoms with Crippen molar-refractivity contribution in [1.29, 1.82) is 0 Å². The van der Waals surface area contributed by atoms with Crippen molar-refractivity contribution in [3.05, 3.63) is 0 Å². The highest BCUT2D eigenvalue weighted by atomic mass is 16.7. The van der Waals surface area contributed by atoms with Crippen molar-refractivity contribution in [1.82, 2.24) is 10.4 Å². The van der Waals surface area contributed by atoms with Crippen molar-refractivity contribution in [2.75, 3.05) is 14.2 Å². The molecule has 1 atom stereocenters. The minimum atomic E-state index is -0.630. The van der Waals surface area contributed by atoms with E-state index >= 15 is 0 Å². The van der Waals surface area contributed by atoms with E-state index in [2.05, 4.69) is 5.32 Å². The van der Waals surface area contributed by atoms with Crippen molar-refractivity contribution in [3.8, 4) is 0 Å². The molecule has 0 aliphatic rings. The summed E-state index contributed by atoms with van der Waals surface area (Å²) in [6.45, 7) is 7.24. The number of hydroxylamine groups is 2. The molecular formula is C13H28N2O4. The van der Waals surface area contributed by atoms with Gasteiger partial charge in [-0.2, -0.15) is 0 Å². The Morgan fingerprint density at radius 1 is 1.32 bits per heavy atom. The molecule has 0 radical (unpaired) electrons. The molecule has 0 aromatic heterocycles. The molecule has 6 nitrogen and oxygen atoms in total.